The zero-order chi connectivity index (χ0) is 14.2. The molecule has 2 aliphatic rings. The lowest BCUT2D eigenvalue weighted by molar-refractivity contribution is -0.124. The van der Waals surface area contributed by atoms with Gasteiger partial charge in [0.1, 0.15) is 0 Å². The van der Waals surface area contributed by atoms with E-state index >= 15 is 0 Å². The molecule has 3 rings (SSSR count). The first-order valence-corrected chi connectivity index (χ1v) is 7.67. The molecule has 3 heteroatoms. The van der Waals surface area contributed by atoms with Crippen LogP contribution in [-0.4, -0.2) is 18.0 Å². The highest BCUT2D eigenvalue weighted by atomic mass is 16.2. The van der Waals surface area contributed by atoms with Crippen molar-refractivity contribution in [2.45, 2.75) is 58.2 Å². The van der Waals surface area contributed by atoms with Crippen molar-refractivity contribution in [3.8, 4) is 0 Å². The lowest BCUT2D eigenvalue weighted by Gasteiger charge is -2.31. The highest BCUT2D eigenvalue weighted by molar-refractivity contribution is 5.82. The fourth-order valence-electron chi connectivity index (χ4n) is 3.51. The standard InChI is InChI=1S/C17H24N2O/c1-17(2)9-5-8-15(17)19-16(20)14-10-12-6-3-4-7-13(12)11-18-14/h3-4,6-7,14-15,18H,5,8-11H2,1-2H3,(H,19,20)/t14-,15?/m1/s1. The molecular formula is C17H24N2O. The number of fused-ring (bicyclic) bond motifs is 1. The lowest BCUT2D eigenvalue weighted by atomic mass is 9.87. The third-order valence-electron chi connectivity index (χ3n) is 4.97. The normalized spacial score (nSPS) is 27.9. The van der Waals surface area contributed by atoms with Gasteiger partial charge in [0.25, 0.3) is 0 Å². The maximum atomic E-state index is 12.5. The Morgan fingerprint density at radius 2 is 2.05 bits per heavy atom. The van der Waals surface area contributed by atoms with E-state index in [4.69, 9.17) is 0 Å². The number of benzene rings is 1. The van der Waals surface area contributed by atoms with Crippen LogP contribution in [0.1, 0.15) is 44.2 Å². The van der Waals surface area contributed by atoms with Gasteiger partial charge in [0.15, 0.2) is 0 Å². The molecule has 3 nitrogen and oxygen atoms in total. The minimum Gasteiger partial charge on any atom is -0.351 e. The first-order valence-electron chi connectivity index (χ1n) is 7.67. The van der Waals surface area contributed by atoms with Crippen molar-refractivity contribution in [3.63, 3.8) is 0 Å². The molecule has 0 radical (unpaired) electrons. The fourth-order valence-corrected chi connectivity index (χ4v) is 3.51. The van der Waals surface area contributed by atoms with Crippen LogP contribution in [0.25, 0.3) is 0 Å². The molecular weight excluding hydrogens is 248 g/mol. The van der Waals surface area contributed by atoms with Gasteiger partial charge in [-0.3, -0.25) is 4.79 Å². The highest BCUT2D eigenvalue weighted by Gasteiger charge is 2.36. The zero-order valence-electron chi connectivity index (χ0n) is 12.4. The van der Waals surface area contributed by atoms with Crippen molar-refractivity contribution >= 4 is 5.91 Å². The minimum atomic E-state index is -0.0821. The van der Waals surface area contributed by atoms with Gasteiger partial charge in [0.2, 0.25) is 5.91 Å². The third kappa shape index (κ3) is 2.59. The van der Waals surface area contributed by atoms with E-state index in [9.17, 15) is 4.79 Å². The first-order chi connectivity index (χ1) is 9.56. The summed E-state index contributed by atoms with van der Waals surface area (Å²) in [5.74, 6) is 0.166. The van der Waals surface area contributed by atoms with Gasteiger partial charge in [-0.1, -0.05) is 44.5 Å². The molecule has 1 saturated carbocycles. The van der Waals surface area contributed by atoms with Crippen molar-refractivity contribution in [2.75, 3.05) is 0 Å². The minimum absolute atomic E-state index is 0.0821. The Bertz CT molecular complexity index is 509. The molecule has 1 aromatic rings. The molecule has 0 aromatic heterocycles. The SMILES string of the molecule is CC1(C)CCCC1NC(=O)[C@H]1Cc2ccccc2CN1. The topological polar surface area (TPSA) is 41.1 Å². The summed E-state index contributed by atoms with van der Waals surface area (Å²) in [5.41, 5.74) is 2.86. The van der Waals surface area contributed by atoms with Crippen molar-refractivity contribution < 1.29 is 4.79 Å². The fraction of sp³-hybridized carbons (Fsp3) is 0.588. The molecule has 2 atom stereocenters. The largest absolute Gasteiger partial charge is 0.351 e. The predicted octanol–water partition coefficient (Wildman–Crippen LogP) is 2.40. The Labute approximate surface area is 121 Å². The number of nitrogens with one attached hydrogen (secondary N) is 2. The van der Waals surface area contributed by atoms with Gasteiger partial charge in [-0.2, -0.15) is 0 Å². The van der Waals surface area contributed by atoms with E-state index in [1.165, 1.54) is 24.0 Å². The smallest absolute Gasteiger partial charge is 0.237 e. The Hall–Kier alpha value is -1.35. The summed E-state index contributed by atoms with van der Waals surface area (Å²) in [6, 6.07) is 8.63. The van der Waals surface area contributed by atoms with E-state index in [0.717, 1.165) is 19.4 Å². The number of carbonyl (C=O) groups is 1. The van der Waals surface area contributed by atoms with E-state index < -0.39 is 0 Å². The molecule has 108 valence electrons. The van der Waals surface area contributed by atoms with Gasteiger partial charge in [-0.05, 0) is 35.8 Å². The van der Waals surface area contributed by atoms with Crippen LogP contribution in [0.15, 0.2) is 24.3 Å². The molecule has 0 saturated heterocycles. The molecule has 0 spiro atoms. The van der Waals surface area contributed by atoms with E-state index in [0.29, 0.717) is 6.04 Å². The van der Waals surface area contributed by atoms with Crippen LogP contribution < -0.4 is 10.6 Å². The predicted molar refractivity (Wildman–Crippen MR) is 80.3 cm³/mol. The number of amides is 1. The molecule has 1 aromatic carbocycles. The summed E-state index contributed by atoms with van der Waals surface area (Å²) in [4.78, 5) is 12.5. The van der Waals surface area contributed by atoms with Crippen LogP contribution in [0.3, 0.4) is 0 Å². The monoisotopic (exact) mass is 272 g/mol. The summed E-state index contributed by atoms with van der Waals surface area (Å²) in [6.07, 6.45) is 4.34. The molecule has 1 heterocycles. The number of rotatable bonds is 2. The summed E-state index contributed by atoms with van der Waals surface area (Å²) in [6.45, 7) is 5.31. The summed E-state index contributed by atoms with van der Waals surface area (Å²) in [7, 11) is 0. The van der Waals surface area contributed by atoms with Crippen molar-refractivity contribution in [3.05, 3.63) is 35.4 Å². The zero-order valence-corrected chi connectivity index (χ0v) is 12.4. The van der Waals surface area contributed by atoms with Gasteiger partial charge >= 0.3 is 0 Å². The van der Waals surface area contributed by atoms with Crippen LogP contribution in [0.4, 0.5) is 0 Å². The van der Waals surface area contributed by atoms with E-state index in [-0.39, 0.29) is 17.4 Å². The first kappa shape index (κ1) is 13.6. The van der Waals surface area contributed by atoms with Crippen molar-refractivity contribution in [2.24, 2.45) is 5.41 Å². The second kappa shape index (κ2) is 5.21. The van der Waals surface area contributed by atoms with Gasteiger partial charge in [0, 0.05) is 12.6 Å². The van der Waals surface area contributed by atoms with Crippen molar-refractivity contribution in [1.29, 1.82) is 0 Å². The van der Waals surface area contributed by atoms with Crippen LogP contribution in [-0.2, 0) is 17.8 Å². The van der Waals surface area contributed by atoms with Gasteiger partial charge in [-0.25, -0.2) is 0 Å². The van der Waals surface area contributed by atoms with Gasteiger partial charge in [0.05, 0.1) is 6.04 Å². The Morgan fingerprint density at radius 3 is 2.75 bits per heavy atom. The number of hydrogen-bond donors (Lipinski definition) is 2. The second-order valence-electron chi connectivity index (χ2n) is 6.85. The highest BCUT2D eigenvalue weighted by Crippen LogP contribution is 2.37. The average molecular weight is 272 g/mol. The van der Waals surface area contributed by atoms with E-state index in [1.807, 2.05) is 0 Å². The van der Waals surface area contributed by atoms with Crippen LogP contribution in [0, 0.1) is 5.41 Å². The summed E-state index contributed by atoms with van der Waals surface area (Å²) in [5, 5.41) is 6.63. The molecule has 1 fully saturated rings. The second-order valence-corrected chi connectivity index (χ2v) is 6.85. The number of carbonyl (C=O) groups excluding carboxylic acids is 1. The Balaban J connectivity index is 1.65. The average Bonchev–Trinajstić information content (AvgIpc) is 2.77. The lowest BCUT2D eigenvalue weighted by Crippen LogP contribution is -2.52. The van der Waals surface area contributed by atoms with Crippen molar-refractivity contribution in [1.82, 2.24) is 10.6 Å². The molecule has 20 heavy (non-hydrogen) atoms. The van der Waals surface area contributed by atoms with E-state index in [2.05, 4.69) is 48.7 Å². The molecule has 0 bridgehead atoms. The van der Waals surface area contributed by atoms with Crippen LogP contribution in [0.2, 0.25) is 0 Å². The van der Waals surface area contributed by atoms with E-state index in [1.54, 1.807) is 0 Å². The van der Waals surface area contributed by atoms with Crippen LogP contribution >= 0.6 is 0 Å². The molecule has 1 unspecified atom stereocenters. The summed E-state index contributed by atoms with van der Waals surface area (Å²) < 4.78 is 0. The molecule has 2 N–H and O–H groups in total. The molecule has 1 amide bonds. The summed E-state index contributed by atoms with van der Waals surface area (Å²) >= 11 is 0. The van der Waals surface area contributed by atoms with Gasteiger partial charge < -0.3 is 10.6 Å². The maximum Gasteiger partial charge on any atom is 0.237 e. The Morgan fingerprint density at radius 1 is 1.30 bits per heavy atom. The molecule has 1 aliphatic carbocycles. The van der Waals surface area contributed by atoms with Gasteiger partial charge in [-0.15, -0.1) is 0 Å². The van der Waals surface area contributed by atoms with Crippen LogP contribution in [0.5, 0.6) is 0 Å². The quantitative estimate of drug-likeness (QED) is 0.868. The number of hydrogen-bond acceptors (Lipinski definition) is 2. The third-order valence-corrected chi connectivity index (χ3v) is 4.97. The Kier molecular flexibility index (Phi) is 3.55. The molecule has 1 aliphatic heterocycles. The maximum absolute atomic E-state index is 12.5.